The van der Waals surface area contributed by atoms with Crippen LogP contribution in [0, 0.1) is 0 Å². The van der Waals surface area contributed by atoms with Crippen molar-refractivity contribution in [3.8, 4) is 0 Å². The second-order valence-corrected chi connectivity index (χ2v) is 7.31. The summed E-state index contributed by atoms with van der Waals surface area (Å²) < 4.78 is 0. The van der Waals surface area contributed by atoms with Gasteiger partial charge in [-0.25, -0.2) is 0 Å². The quantitative estimate of drug-likeness (QED) is 0.926. The van der Waals surface area contributed by atoms with Crippen LogP contribution in [0.25, 0.3) is 0 Å². The fourth-order valence-corrected chi connectivity index (χ4v) is 4.12. The first-order chi connectivity index (χ1) is 10.1. The van der Waals surface area contributed by atoms with Gasteiger partial charge in [-0.2, -0.15) is 11.3 Å². The highest BCUT2D eigenvalue weighted by Crippen LogP contribution is 2.30. The average molecular weight is 307 g/mol. The summed E-state index contributed by atoms with van der Waals surface area (Å²) in [6, 6.07) is 2.18. The summed E-state index contributed by atoms with van der Waals surface area (Å²) in [5.74, 6) is 0.259. The maximum Gasteiger partial charge on any atom is 0.224 e. The molecule has 1 aliphatic carbocycles. The number of rotatable bonds is 4. The van der Waals surface area contributed by atoms with Crippen molar-refractivity contribution >= 4 is 17.2 Å². The summed E-state index contributed by atoms with van der Waals surface area (Å²) in [6.45, 7) is 4.64. The lowest BCUT2D eigenvalue weighted by Gasteiger charge is -2.36. The largest absolute Gasteiger partial charge is 0.340 e. The van der Waals surface area contributed by atoms with E-state index in [2.05, 4.69) is 21.7 Å². The van der Waals surface area contributed by atoms with E-state index in [1.165, 1.54) is 18.4 Å². The smallest absolute Gasteiger partial charge is 0.224 e. The molecule has 2 heterocycles. The van der Waals surface area contributed by atoms with Gasteiger partial charge in [0.2, 0.25) is 5.91 Å². The van der Waals surface area contributed by atoms with Crippen LogP contribution in [0.4, 0.5) is 0 Å². The Kier molecular flexibility index (Phi) is 4.62. The monoisotopic (exact) mass is 307 g/mol. The molecule has 0 spiro atoms. The number of hydrogen-bond acceptors (Lipinski definition) is 4. The molecule has 2 fully saturated rings. The van der Waals surface area contributed by atoms with Crippen LogP contribution < -0.4 is 5.73 Å². The fourth-order valence-electron chi connectivity index (χ4n) is 3.47. The normalized spacial score (nSPS) is 22.6. The summed E-state index contributed by atoms with van der Waals surface area (Å²) >= 11 is 1.75. The van der Waals surface area contributed by atoms with Crippen molar-refractivity contribution in [3.05, 3.63) is 22.4 Å². The van der Waals surface area contributed by atoms with E-state index in [0.717, 1.165) is 45.6 Å². The molecule has 1 amide bonds. The SMILES string of the molecule is NC1(CC(=O)N2CCN(Cc3ccsc3)CC2)CCCC1. The Balaban J connectivity index is 1.45. The van der Waals surface area contributed by atoms with E-state index >= 15 is 0 Å². The number of amides is 1. The first-order valence-electron chi connectivity index (χ1n) is 7.95. The number of nitrogens with zero attached hydrogens (tertiary/aromatic N) is 2. The molecule has 1 aromatic rings. The Hall–Kier alpha value is -0.910. The lowest BCUT2D eigenvalue weighted by molar-refractivity contribution is -0.134. The lowest BCUT2D eigenvalue weighted by atomic mass is 9.94. The van der Waals surface area contributed by atoms with Gasteiger partial charge in [0, 0.05) is 44.7 Å². The van der Waals surface area contributed by atoms with Crippen molar-refractivity contribution in [2.24, 2.45) is 5.73 Å². The number of carbonyl (C=O) groups excluding carboxylic acids is 1. The molecule has 0 bridgehead atoms. The predicted octanol–water partition coefficient (Wildman–Crippen LogP) is 2.05. The van der Waals surface area contributed by atoms with Crippen LogP contribution in [-0.2, 0) is 11.3 Å². The van der Waals surface area contributed by atoms with Gasteiger partial charge in [0.1, 0.15) is 0 Å². The second kappa shape index (κ2) is 6.46. The molecule has 1 saturated carbocycles. The van der Waals surface area contributed by atoms with Crippen molar-refractivity contribution in [3.63, 3.8) is 0 Å². The molecule has 116 valence electrons. The highest BCUT2D eigenvalue weighted by molar-refractivity contribution is 7.07. The van der Waals surface area contributed by atoms with Crippen LogP contribution in [-0.4, -0.2) is 47.4 Å². The number of piperazine rings is 1. The van der Waals surface area contributed by atoms with E-state index in [0.29, 0.717) is 6.42 Å². The van der Waals surface area contributed by atoms with Gasteiger partial charge in [0.05, 0.1) is 0 Å². The van der Waals surface area contributed by atoms with Crippen LogP contribution in [0.15, 0.2) is 16.8 Å². The van der Waals surface area contributed by atoms with Gasteiger partial charge < -0.3 is 10.6 Å². The van der Waals surface area contributed by atoms with Crippen molar-refractivity contribution in [1.29, 1.82) is 0 Å². The summed E-state index contributed by atoms with van der Waals surface area (Å²) in [5.41, 5.74) is 7.49. The zero-order valence-electron chi connectivity index (χ0n) is 12.6. The van der Waals surface area contributed by atoms with Crippen LogP contribution >= 0.6 is 11.3 Å². The third kappa shape index (κ3) is 3.84. The number of carbonyl (C=O) groups is 1. The van der Waals surface area contributed by atoms with Crippen LogP contribution in [0.1, 0.15) is 37.7 Å². The van der Waals surface area contributed by atoms with Crippen molar-refractivity contribution < 1.29 is 4.79 Å². The minimum absolute atomic E-state index is 0.217. The molecule has 5 heteroatoms. The highest BCUT2D eigenvalue weighted by Gasteiger charge is 2.34. The third-order valence-corrected chi connectivity index (χ3v) is 5.55. The number of nitrogens with two attached hydrogens (primary N) is 1. The highest BCUT2D eigenvalue weighted by atomic mass is 32.1. The van der Waals surface area contributed by atoms with E-state index in [1.807, 2.05) is 4.90 Å². The molecule has 0 radical (unpaired) electrons. The molecule has 0 aromatic carbocycles. The summed E-state index contributed by atoms with van der Waals surface area (Å²) in [6.07, 6.45) is 4.92. The summed E-state index contributed by atoms with van der Waals surface area (Å²) in [5, 5.41) is 4.33. The molecule has 0 unspecified atom stereocenters. The second-order valence-electron chi connectivity index (χ2n) is 6.53. The molecule has 21 heavy (non-hydrogen) atoms. The Morgan fingerprint density at radius 2 is 1.95 bits per heavy atom. The Morgan fingerprint density at radius 1 is 1.24 bits per heavy atom. The topological polar surface area (TPSA) is 49.6 Å². The molecule has 2 aliphatic rings. The molecular formula is C16H25N3OS. The Morgan fingerprint density at radius 3 is 2.57 bits per heavy atom. The lowest BCUT2D eigenvalue weighted by Crippen LogP contribution is -2.51. The first kappa shape index (κ1) is 15.0. The van der Waals surface area contributed by atoms with Crippen LogP contribution in [0.2, 0.25) is 0 Å². The van der Waals surface area contributed by atoms with Crippen LogP contribution in [0.3, 0.4) is 0 Å². The van der Waals surface area contributed by atoms with E-state index < -0.39 is 0 Å². The Bertz CT molecular complexity index is 460. The van der Waals surface area contributed by atoms with Gasteiger partial charge in [-0.1, -0.05) is 12.8 Å². The minimum Gasteiger partial charge on any atom is -0.340 e. The summed E-state index contributed by atoms with van der Waals surface area (Å²) in [4.78, 5) is 16.9. The molecular weight excluding hydrogens is 282 g/mol. The number of hydrogen-bond donors (Lipinski definition) is 1. The van der Waals surface area contributed by atoms with Crippen LogP contribution in [0.5, 0.6) is 0 Å². The molecule has 3 rings (SSSR count). The Labute approximate surface area is 130 Å². The molecule has 2 N–H and O–H groups in total. The fraction of sp³-hybridized carbons (Fsp3) is 0.688. The van der Waals surface area contributed by atoms with E-state index in [-0.39, 0.29) is 11.4 Å². The standard InChI is InChI=1S/C16H25N3OS/c17-16(4-1-2-5-16)11-15(20)19-8-6-18(7-9-19)12-14-3-10-21-13-14/h3,10,13H,1-2,4-9,11-12,17H2. The van der Waals surface area contributed by atoms with Crippen molar-refractivity contribution in [2.75, 3.05) is 26.2 Å². The third-order valence-electron chi connectivity index (χ3n) is 4.81. The van der Waals surface area contributed by atoms with Gasteiger partial charge in [0.25, 0.3) is 0 Å². The predicted molar refractivity (Wildman–Crippen MR) is 86.2 cm³/mol. The zero-order chi connectivity index (χ0) is 14.7. The van der Waals surface area contributed by atoms with Gasteiger partial charge in [0.15, 0.2) is 0 Å². The van der Waals surface area contributed by atoms with E-state index in [9.17, 15) is 4.79 Å². The maximum atomic E-state index is 12.4. The zero-order valence-corrected chi connectivity index (χ0v) is 13.4. The van der Waals surface area contributed by atoms with E-state index in [4.69, 9.17) is 5.73 Å². The van der Waals surface area contributed by atoms with Crippen molar-refractivity contribution in [2.45, 2.75) is 44.2 Å². The minimum atomic E-state index is -0.217. The molecule has 4 nitrogen and oxygen atoms in total. The van der Waals surface area contributed by atoms with Gasteiger partial charge in [-0.05, 0) is 35.2 Å². The van der Waals surface area contributed by atoms with Gasteiger partial charge in [-0.3, -0.25) is 9.69 Å². The number of thiophene rings is 1. The van der Waals surface area contributed by atoms with Gasteiger partial charge in [-0.15, -0.1) is 0 Å². The van der Waals surface area contributed by atoms with Crippen molar-refractivity contribution in [1.82, 2.24) is 9.80 Å². The molecule has 1 saturated heterocycles. The van der Waals surface area contributed by atoms with E-state index in [1.54, 1.807) is 11.3 Å². The average Bonchev–Trinajstić information content (AvgIpc) is 3.11. The first-order valence-corrected chi connectivity index (χ1v) is 8.89. The summed E-state index contributed by atoms with van der Waals surface area (Å²) in [7, 11) is 0. The molecule has 1 aliphatic heterocycles. The maximum absolute atomic E-state index is 12.4. The molecule has 1 aromatic heterocycles. The van der Waals surface area contributed by atoms with Gasteiger partial charge >= 0.3 is 0 Å². The molecule has 0 atom stereocenters.